The fourth-order valence-corrected chi connectivity index (χ4v) is 3.75. The highest BCUT2D eigenvalue weighted by molar-refractivity contribution is 5.91. The van der Waals surface area contributed by atoms with Crippen molar-refractivity contribution in [3.63, 3.8) is 0 Å². The summed E-state index contributed by atoms with van der Waals surface area (Å²) in [7, 11) is 0. The van der Waals surface area contributed by atoms with Crippen molar-refractivity contribution in [1.29, 1.82) is 0 Å². The second-order valence-electron chi connectivity index (χ2n) is 7.37. The van der Waals surface area contributed by atoms with Gasteiger partial charge in [0.25, 0.3) is 0 Å². The van der Waals surface area contributed by atoms with Gasteiger partial charge in [-0.2, -0.15) is 0 Å². The van der Waals surface area contributed by atoms with Crippen LogP contribution in [0.2, 0.25) is 0 Å². The maximum absolute atomic E-state index is 13.0. The normalized spacial score (nSPS) is 23.2. The Morgan fingerprint density at radius 1 is 1.09 bits per heavy atom. The molecule has 3 fully saturated rings. The molecule has 1 aliphatic heterocycles. The molecule has 3 nitrogen and oxygen atoms in total. The number of piperidine rings is 1. The van der Waals surface area contributed by atoms with Gasteiger partial charge in [0.05, 0.1) is 5.41 Å². The minimum atomic E-state index is -0.185. The van der Waals surface area contributed by atoms with E-state index in [0.29, 0.717) is 11.9 Å². The molecule has 4 heteroatoms. The Morgan fingerprint density at radius 2 is 1.74 bits per heavy atom. The van der Waals surface area contributed by atoms with Crippen molar-refractivity contribution in [3.8, 4) is 0 Å². The van der Waals surface area contributed by atoms with Gasteiger partial charge in [-0.05, 0) is 56.6 Å². The van der Waals surface area contributed by atoms with Gasteiger partial charge in [-0.3, -0.25) is 4.79 Å². The number of nitrogens with zero attached hydrogens (tertiary/aromatic N) is 1. The summed E-state index contributed by atoms with van der Waals surface area (Å²) in [5.74, 6) is 1.31. The zero-order valence-corrected chi connectivity index (χ0v) is 14.5. The molecule has 0 spiro atoms. The fourth-order valence-electron chi connectivity index (χ4n) is 3.75. The molecule has 4 rings (SSSR count). The Morgan fingerprint density at radius 3 is 2.30 bits per heavy atom. The molecule has 0 radical (unpaired) electrons. The Bertz CT molecular complexity index is 532. The summed E-state index contributed by atoms with van der Waals surface area (Å²) >= 11 is 0. The van der Waals surface area contributed by atoms with Gasteiger partial charge in [0.15, 0.2) is 0 Å². The topological polar surface area (TPSA) is 32.3 Å². The third-order valence-corrected chi connectivity index (χ3v) is 5.66. The van der Waals surface area contributed by atoms with Crippen LogP contribution in [0.15, 0.2) is 30.3 Å². The number of carbonyl (C=O) groups is 1. The van der Waals surface area contributed by atoms with Gasteiger partial charge in [-0.25, -0.2) is 0 Å². The lowest BCUT2D eigenvalue weighted by Gasteiger charge is -2.35. The second-order valence-corrected chi connectivity index (χ2v) is 7.37. The van der Waals surface area contributed by atoms with E-state index in [0.717, 1.165) is 44.7 Å². The van der Waals surface area contributed by atoms with Gasteiger partial charge in [0, 0.05) is 19.1 Å². The Labute approximate surface area is 145 Å². The number of likely N-dealkylation sites (tertiary alicyclic amines) is 1. The maximum Gasteiger partial charge on any atom is 0.233 e. The molecule has 1 heterocycles. The molecule has 0 atom stereocenters. The van der Waals surface area contributed by atoms with Crippen LogP contribution in [0, 0.1) is 5.92 Å². The first kappa shape index (κ1) is 16.8. The van der Waals surface area contributed by atoms with E-state index in [-0.39, 0.29) is 17.8 Å². The smallest absolute Gasteiger partial charge is 0.233 e. The summed E-state index contributed by atoms with van der Waals surface area (Å²) in [6.45, 7) is 3.04. The van der Waals surface area contributed by atoms with Crippen LogP contribution in [0.4, 0.5) is 0 Å². The standard InChI is InChI=1S/C19H26N2O.ClH/c22-18(19(10-11-19)16-4-2-1-3-5-16)21-12-8-17(9-13-21)20-14-15-6-7-15;/h1-5,15,17,20H,6-14H2;1H. The van der Waals surface area contributed by atoms with Crippen LogP contribution in [0.25, 0.3) is 0 Å². The fraction of sp³-hybridized carbons (Fsp3) is 0.632. The molecule has 0 unspecified atom stereocenters. The van der Waals surface area contributed by atoms with Crippen LogP contribution >= 0.6 is 12.4 Å². The summed E-state index contributed by atoms with van der Waals surface area (Å²) in [5, 5.41) is 3.69. The first-order valence-corrected chi connectivity index (χ1v) is 8.86. The average Bonchev–Trinajstić information content (AvgIpc) is 3.48. The average molecular weight is 335 g/mol. The zero-order valence-electron chi connectivity index (χ0n) is 13.7. The number of hydrogen-bond donors (Lipinski definition) is 1. The highest BCUT2D eigenvalue weighted by Gasteiger charge is 2.53. The van der Waals surface area contributed by atoms with Gasteiger partial charge in [0.1, 0.15) is 0 Å². The third-order valence-electron chi connectivity index (χ3n) is 5.66. The van der Waals surface area contributed by atoms with E-state index >= 15 is 0 Å². The highest BCUT2D eigenvalue weighted by Crippen LogP contribution is 2.49. The van der Waals surface area contributed by atoms with Crippen molar-refractivity contribution < 1.29 is 4.79 Å². The van der Waals surface area contributed by atoms with Crippen LogP contribution < -0.4 is 5.32 Å². The van der Waals surface area contributed by atoms with Gasteiger partial charge >= 0.3 is 0 Å². The van der Waals surface area contributed by atoms with E-state index in [1.807, 2.05) is 6.07 Å². The van der Waals surface area contributed by atoms with Crippen LogP contribution in [0.3, 0.4) is 0 Å². The van der Waals surface area contributed by atoms with E-state index in [1.165, 1.54) is 24.9 Å². The summed E-state index contributed by atoms with van der Waals surface area (Å²) in [5.41, 5.74) is 1.03. The van der Waals surface area contributed by atoms with E-state index in [1.54, 1.807) is 0 Å². The minimum Gasteiger partial charge on any atom is -0.342 e. The van der Waals surface area contributed by atoms with Gasteiger partial charge in [-0.15, -0.1) is 12.4 Å². The first-order chi connectivity index (χ1) is 10.8. The molecule has 23 heavy (non-hydrogen) atoms. The molecule has 1 amide bonds. The molecule has 0 aromatic heterocycles. The molecular formula is C19H27ClN2O. The molecule has 1 aromatic rings. The van der Waals surface area contributed by atoms with Gasteiger partial charge < -0.3 is 10.2 Å². The quantitative estimate of drug-likeness (QED) is 0.897. The number of hydrogen-bond acceptors (Lipinski definition) is 2. The number of halogens is 1. The van der Waals surface area contributed by atoms with E-state index in [4.69, 9.17) is 0 Å². The first-order valence-electron chi connectivity index (χ1n) is 8.86. The third kappa shape index (κ3) is 3.56. The Balaban J connectivity index is 0.00000156. The van der Waals surface area contributed by atoms with Crippen LogP contribution in [0.5, 0.6) is 0 Å². The monoisotopic (exact) mass is 334 g/mol. The molecule has 0 bridgehead atoms. The van der Waals surface area contributed by atoms with E-state index in [9.17, 15) is 4.79 Å². The zero-order chi connectivity index (χ0) is 15.0. The molecule has 3 aliphatic rings. The van der Waals surface area contributed by atoms with Crippen molar-refractivity contribution in [2.45, 2.75) is 50.0 Å². The summed E-state index contributed by atoms with van der Waals surface area (Å²) in [6.07, 6.45) is 7.09. The summed E-state index contributed by atoms with van der Waals surface area (Å²) < 4.78 is 0. The number of benzene rings is 1. The lowest BCUT2D eigenvalue weighted by atomic mass is 9.93. The molecule has 2 saturated carbocycles. The van der Waals surface area contributed by atoms with Crippen LogP contribution in [-0.2, 0) is 10.2 Å². The second kappa shape index (κ2) is 6.82. The highest BCUT2D eigenvalue weighted by atomic mass is 35.5. The predicted octanol–water partition coefficient (Wildman–Crippen LogP) is 3.13. The van der Waals surface area contributed by atoms with Crippen LogP contribution in [-0.4, -0.2) is 36.5 Å². The molecular weight excluding hydrogens is 308 g/mol. The Hall–Kier alpha value is -1.06. The van der Waals surface area contributed by atoms with Gasteiger partial charge in [-0.1, -0.05) is 30.3 Å². The molecule has 2 aliphatic carbocycles. The molecule has 1 aromatic carbocycles. The van der Waals surface area contributed by atoms with Crippen molar-refractivity contribution in [3.05, 3.63) is 35.9 Å². The lowest BCUT2D eigenvalue weighted by Crippen LogP contribution is -2.48. The van der Waals surface area contributed by atoms with Crippen LogP contribution in [0.1, 0.15) is 44.1 Å². The molecule has 1 N–H and O–H groups in total. The van der Waals surface area contributed by atoms with Gasteiger partial charge in [0.2, 0.25) is 5.91 Å². The lowest BCUT2D eigenvalue weighted by molar-refractivity contribution is -0.135. The largest absolute Gasteiger partial charge is 0.342 e. The minimum absolute atomic E-state index is 0. The number of rotatable bonds is 5. The predicted molar refractivity (Wildman–Crippen MR) is 94.9 cm³/mol. The number of amides is 1. The van der Waals surface area contributed by atoms with Crippen molar-refractivity contribution in [1.82, 2.24) is 10.2 Å². The van der Waals surface area contributed by atoms with Crippen molar-refractivity contribution in [2.75, 3.05) is 19.6 Å². The van der Waals surface area contributed by atoms with E-state index < -0.39 is 0 Å². The number of carbonyl (C=O) groups excluding carboxylic acids is 1. The summed E-state index contributed by atoms with van der Waals surface area (Å²) in [6, 6.07) is 11.0. The number of nitrogens with one attached hydrogen (secondary N) is 1. The molecule has 126 valence electrons. The van der Waals surface area contributed by atoms with Crippen molar-refractivity contribution in [2.24, 2.45) is 5.92 Å². The van der Waals surface area contributed by atoms with E-state index in [2.05, 4.69) is 34.5 Å². The maximum atomic E-state index is 13.0. The SMILES string of the molecule is Cl.O=C(N1CCC(NCC2CC2)CC1)C1(c2ccccc2)CC1. The van der Waals surface area contributed by atoms with Crippen molar-refractivity contribution >= 4 is 18.3 Å². The molecule has 1 saturated heterocycles. The Kier molecular flexibility index (Phi) is 4.98. The summed E-state index contributed by atoms with van der Waals surface area (Å²) in [4.78, 5) is 15.1.